The van der Waals surface area contributed by atoms with Crippen molar-refractivity contribution in [3.63, 3.8) is 0 Å². The van der Waals surface area contributed by atoms with Crippen molar-refractivity contribution in [3.05, 3.63) is 28.8 Å². The van der Waals surface area contributed by atoms with E-state index < -0.39 is 0 Å². The lowest BCUT2D eigenvalue weighted by molar-refractivity contribution is 0.0932. The number of nitrogens with zero attached hydrogens (tertiary/aromatic N) is 1. The van der Waals surface area contributed by atoms with Gasteiger partial charge in [-0.05, 0) is 51.1 Å². The molecule has 0 bridgehead atoms. The number of amides is 1. The molecule has 3 N–H and O–H groups in total. The molecule has 1 unspecified atom stereocenters. The molecule has 1 aliphatic rings. The van der Waals surface area contributed by atoms with Gasteiger partial charge >= 0.3 is 0 Å². The van der Waals surface area contributed by atoms with Crippen LogP contribution in [0.25, 0.3) is 0 Å². The number of anilines is 1. The van der Waals surface area contributed by atoms with Crippen LogP contribution in [0.15, 0.2) is 18.2 Å². The molecule has 1 saturated heterocycles. The lowest BCUT2D eigenvalue weighted by Crippen LogP contribution is -2.41. The van der Waals surface area contributed by atoms with Gasteiger partial charge in [0.25, 0.3) is 5.91 Å². The van der Waals surface area contributed by atoms with Gasteiger partial charge in [-0.15, -0.1) is 0 Å². The van der Waals surface area contributed by atoms with Gasteiger partial charge in [-0.2, -0.15) is 0 Å². The Morgan fingerprint density at radius 3 is 2.84 bits per heavy atom. The average molecular weight is 282 g/mol. The summed E-state index contributed by atoms with van der Waals surface area (Å²) in [7, 11) is 0. The van der Waals surface area contributed by atoms with Crippen LogP contribution in [0.3, 0.4) is 0 Å². The fraction of sp³-hybridized carbons (Fsp3) is 0.500. The maximum Gasteiger partial charge on any atom is 0.253 e. The van der Waals surface area contributed by atoms with E-state index in [1.807, 2.05) is 6.92 Å². The topological polar surface area (TPSA) is 58.4 Å². The average Bonchev–Trinajstić information content (AvgIpc) is 2.84. The third kappa shape index (κ3) is 3.85. The molecule has 0 spiro atoms. The number of nitrogen functional groups attached to an aromatic ring is 1. The smallest absolute Gasteiger partial charge is 0.253 e. The summed E-state index contributed by atoms with van der Waals surface area (Å²) in [6.07, 6.45) is 2.50. The number of nitrogens with one attached hydrogen (secondary N) is 1. The third-order valence-electron chi connectivity index (χ3n) is 3.34. The Morgan fingerprint density at radius 2 is 2.16 bits per heavy atom. The molecule has 1 atom stereocenters. The van der Waals surface area contributed by atoms with Gasteiger partial charge in [-0.3, -0.25) is 4.79 Å². The molecule has 0 saturated carbocycles. The Bertz CT molecular complexity index is 458. The van der Waals surface area contributed by atoms with E-state index in [4.69, 9.17) is 17.3 Å². The molecule has 1 heterocycles. The highest BCUT2D eigenvalue weighted by Gasteiger charge is 2.17. The predicted octanol–water partition coefficient (Wildman–Crippen LogP) is 2.14. The Kier molecular flexibility index (Phi) is 4.66. The van der Waals surface area contributed by atoms with Crippen LogP contribution >= 0.6 is 11.6 Å². The van der Waals surface area contributed by atoms with E-state index in [9.17, 15) is 4.79 Å². The minimum atomic E-state index is -0.163. The molecule has 2 rings (SSSR count). The Balaban J connectivity index is 1.94. The number of likely N-dealkylation sites (tertiary alicyclic amines) is 1. The van der Waals surface area contributed by atoms with E-state index in [0.29, 0.717) is 16.3 Å². The zero-order valence-electron chi connectivity index (χ0n) is 11.2. The van der Waals surface area contributed by atoms with E-state index in [2.05, 4.69) is 10.2 Å². The summed E-state index contributed by atoms with van der Waals surface area (Å²) >= 11 is 6.02. The van der Waals surface area contributed by atoms with E-state index >= 15 is 0 Å². The van der Waals surface area contributed by atoms with Crippen molar-refractivity contribution in [2.45, 2.75) is 25.8 Å². The second-order valence-electron chi connectivity index (χ2n) is 5.12. The van der Waals surface area contributed by atoms with Crippen molar-refractivity contribution in [2.75, 3.05) is 25.4 Å². The third-order valence-corrected chi connectivity index (χ3v) is 3.67. The van der Waals surface area contributed by atoms with Gasteiger partial charge in [-0.1, -0.05) is 11.6 Å². The van der Waals surface area contributed by atoms with Crippen molar-refractivity contribution in [2.24, 2.45) is 0 Å². The van der Waals surface area contributed by atoms with E-state index in [1.165, 1.54) is 12.8 Å². The molecule has 1 aliphatic heterocycles. The summed E-state index contributed by atoms with van der Waals surface area (Å²) in [6, 6.07) is 5.05. The molecule has 104 valence electrons. The quantitative estimate of drug-likeness (QED) is 0.832. The molecule has 19 heavy (non-hydrogen) atoms. The van der Waals surface area contributed by atoms with Gasteiger partial charge in [0, 0.05) is 18.3 Å². The number of carbonyl (C=O) groups excluding carboxylic acids is 1. The lowest BCUT2D eigenvalue weighted by Gasteiger charge is -2.21. The van der Waals surface area contributed by atoms with Crippen LogP contribution in [0.1, 0.15) is 30.1 Å². The van der Waals surface area contributed by atoms with Gasteiger partial charge in [0.05, 0.1) is 10.6 Å². The molecular weight excluding hydrogens is 262 g/mol. The van der Waals surface area contributed by atoms with Gasteiger partial charge in [0.1, 0.15) is 0 Å². The molecule has 4 nitrogen and oxygen atoms in total. The molecule has 0 aromatic heterocycles. The van der Waals surface area contributed by atoms with Gasteiger partial charge in [0.2, 0.25) is 0 Å². The highest BCUT2D eigenvalue weighted by molar-refractivity contribution is 6.34. The fourth-order valence-corrected chi connectivity index (χ4v) is 2.62. The van der Waals surface area contributed by atoms with Gasteiger partial charge < -0.3 is 16.0 Å². The summed E-state index contributed by atoms with van der Waals surface area (Å²) in [5, 5.41) is 3.40. The number of nitrogens with two attached hydrogens (primary N) is 1. The van der Waals surface area contributed by atoms with Crippen molar-refractivity contribution < 1.29 is 4.79 Å². The first kappa shape index (κ1) is 14.2. The van der Waals surface area contributed by atoms with Gasteiger partial charge in [0.15, 0.2) is 0 Å². The first-order valence-corrected chi connectivity index (χ1v) is 7.02. The molecule has 1 aromatic carbocycles. The van der Waals surface area contributed by atoms with E-state index in [-0.39, 0.29) is 11.9 Å². The highest BCUT2D eigenvalue weighted by Crippen LogP contribution is 2.19. The zero-order chi connectivity index (χ0) is 13.8. The zero-order valence-corrected chi connectivity index (χ0v) is 11.9. The number of hydrogen-bond donors (Lipinski definition) is 2. The molecule has 1 amide bonds. The standard InChI is InChI=1S/C14H20ClN3O/c1-10(9-18-6-2-3-7-18)17-14(19)12-8-11(16)4-5-13(12)15/h4-5,8,10H,2-3,6-7,9,16H2,1H3,(H,17,19). The van der Waals surface area contributed by atoms with Crippen LogP contribution < -0.4 is 11.1 Å². The fourth-order valence-electron chi connectivity index (χ4n) is 2.42. The highest BCUT2D eigenvalue weighted by atomic mass is 35.5. The van der Waals surface area contributed by atoms with Crippen LogP contribution in [0.4, 0.5) is 5.69 Å². The maximum absolute atomic E-state index is 12.1. The number of carbonyl (C=O) groups is 1. The molecular formula is C14H20ClN3O. The molecule has 0 radical (unpaired) electrons. The monoisotopic (exact) mass is 281 g/mol. The van der Waals surface area contributed by atoms with Crippen molar-refractivity contribution in [3.8, 4) is 0 Å². The normalized spacial score (nSPS) is 17.4. The first-order chi connectivity index (χ1) is 9.06. The predicted molar refractivity (Wildman–Crippen MR) is 78.5 cm³/mol. The van der Waals surface area contributed by atoms with Crippen LogP contribution in [0, 0.1) is 0 Å². The molecule has 1 aromatic rings. The maximum atomic E-state index is 12.1. The number of benzene rings is 1. The first-order valence-electron chi connectivity index (χ1n) is 6.64. The minimum absolute atomic E-state index is 0.100. The van der Waals surface area contributed by atoms with Crippen LogP contribution in [-0.2, 0) is 0 Å². The van der Waals surface area contributed by atoms with Gasteiger partial charge in [-0.25, -0.2) is 0 Å². The summed E-state index contributed by atoms with van der Waals surface area (Å²) in [4.78, 5) is 14.5. The molecule has 0 aliphatic carbocycles. The summed E-state index contributed by atoms with van der Waals surface area (Å²) in [6.45, 7) is 5.14. The minimum Gasteiger partial charge on any atom is -0.399 e. The van der Waals surface area contributed by atoms with Crippen LogP contribution in [-0.4, -0.2) is 36.5 Å². The second kappa shape index (κ2) is 6.26. The van der Waals surface area contributed by atoms with Crippen molar-refractivity contribution >= 4 is 23.2 Å². The van der Waals surface area contributed by atoms with Crippen LogP contribution in [0.5, 0.6) is 0 Å². The Hall–Kier alpha value is -1.26. The number of hydrogen-bond acceptors (Lipinski definition) is 3. The van der Waals surface area contributed by atoms with E-state index in [1.54, 1.807) is 18.2 Å². The summed E-state index contributed by atoms with van der Waals surface area (Å²) in [5.41, 5.74) is 6.66. The SMILES string of the molecule is CC(CN1CCCC1)NC(=O)c1cc(N)ccc1Cl. The Labute approximate surface area is 118 Å². The van der Waals surface area contributed by atoms with Crippen molar-refractivity contribution in [1.29, 1.82) is 0 Å². The molecule has 1 fully saturated rings. The number of rotatable bonds is 4. The molecule has 5 heteroatoms. The number of halogens is 1. The Morgan fingerprint density at radius 1 is 1.47 bits per heavy atom. The lowest BCUT2D eigenvalue weighted by atomic mass is 10.1. The summed E-state index contributed by atoms with van der Waals surface area (Å²) in [5.74, 6) is -0.163. The summed E-state index contributed by atoms with van der Waals surface area (Å²) < 4.78 is 0. The van der Waals surface area contributed by atoms with E-state index in [0.717, 1.165) is 19.6 Å². The van der Waals surface area contributed by atoms with Crippen LogP contribution in [0.2, 0.25) is 5.02 Å². The largest absolute Gasteiger partial charge is 0.399 e. The van der Waals surface area contributed by atoms with Crippen molar-refractivity contribution in [1.82, 2.24) is 10.2 Å². The second-order valence-corrected chi connectivity index (χ2v) is 5.53.